The summed E-state index contributed by atoms with van der Waals surface area (Å²) in [5, 5.41) is 3.51. The molecule has 0 amide bonds. The molecule has 0 saturated heterocycles. The van der Waals surface area contributed by atoms with Crippen LogP contribution in [0.25, 0.3) is 0 Å². The minimum absolute atomic E-state index is 0.0741. The molecular formula is C17H29NO. The first-order chi connectivity index (χ1) is 8.66. The molecule has 0 aliphatic carbocycles. The van der Waals surface area contributed by atoms with Crippen LogP contribution in [0.4, 0.5) is 0 Å². The Kier molecular flexibility index (Phi) is 5.57. The molecule has 0 unspecified atom stereocenters. The van der Waals surface area contributed by atoms with Gasteiger partial charge in [-0.1, -0.05) is 24.3 Å². The van der Waals surface area contributed by atoms with Gasteiger partial charge in [0.05, 0.1) is 12.2 Å². The molecule has 0 bridgehead atoms. The van der Waals surface area contributed by atoms with Gasteiger partial charge >= 0.3 is 0 Å². The molecule has 2 nitrogen and oxygen atoms in total. The van der Waals surface area contributed by atoms with Crippen LogP contribution in [0, 0.1) is 0 Å². The summed E-state index contributed by atoms with van der Waals surface area (Å²) in [4.78, 5) is 0. The van der Waals surface area contributed by atoms with Crippen molar-refractivity contribution in [2.45, 2.75) is 65.7 Å². The third kappa shape index (κ3) is 8.02. The van der Waals surface area contributed by atoms with E-state index >= 15 is 0 Å². The highest BCUT2D eigenvalue weighted by Crippen LogP contribution is 2.12. The maximum absolute atomic E-state index is 5.77. The van der Waals surface area contributed by atoms with Gasteiger partial charge < -0.3 is 10.1 Å². The number of benzene rings is 1. The zero-order chi connectivity index (χ0) is 14.5. The van der Waals surface area contributed by atoms with Crippen LogP contribution in [0.5, 0.6) is 0 Å². The highest BCUT2D eigenvalue weighted by molar-refractivity contribution is 5.22. The fourth-order valence-electron chi connectivity index (χ4n) is 1.68. The van der Waals surface area contributed by atoms with Gasteiger partial charge in [-0.25, -0.2) is 0 Å². The Morgan fingerprint density at radius 2 is 1.42 bits per heavy atom. The van der Waals surface area contributed by atoms with E-state index in [-0.39, 0.29) is 11.1 Å². The predicted molar refractivity (Wildman–Crippen MR) is 82.4 cm³/mol. The van der Waals surface area contributed by atoms with Gasteiger partial charge in [-0.15, -0.1) is 0 Å². The smallest absolute Gasteiger partial charge is 0.0724 e. The average molecular weight is 263 g/mol. The molecule has 0 heterocycles. The van der Waals surface area contributed by atoms with Crippen LogP contribution >= 0.6 is 0 Å². The summed E-state index contributed by atoms with van der Waals surface area (Å²) >= 11 is 0. The number of ether oxygens (including phenoxy) is 1. The van der Waals surface area contributed by atoms with E-state index in [1.54, 1.807) is 0 Å². The summed E-state index contributed by atoms with van der Waals surface area (Å²) in [6.45, 7) is 14.5. The van der Waals surface area contributed by atoms with Crippen molar-refractivity contribution in [2.24, 2.45) is 0 Å². The van der Waals surface area contributed by atoms with Gasteiger partial charge in [-0.3, -0.25) is 0 Å². The Labute approximate surface area is 118 Å². The largest absolute Gasteiger partial charge is 0.371 e. The van der Waals surface area contributed by atoms with Crippen molar-refractivity contribution in [2.75, 3.05) is 6.54 Å². The summed E-state index contributed by atoms with van der Waals surface area (Å²) in [7, 11) is 0. The highest BCUT2D eigenvalue weighted by atomic mass is 16.5. The topological polar surface area (TPSA) is 21.3 Å². The van der Waals surface area contributed by atoms with Gasteiger partial charge in [0.25, 0.3) is 0 Å². The van der Waals surface area contributed by atoms with Crippen molar-refractivity contribution in [3.8, 4) is 0 Å². The Morgan fingerprint density at radius 1 is 0.895 bits per heavy atom. The van der Waals surface area contributed by atoms with E-state index < -0.39 is 0 Å². The molecule has 1 rings (SSSR count). The minimum Gasteiger partial charge on any atom is -0.371 e. The third-order valence-corrected chi connectivity index (χ3v) is 2.76. The number of nitrogens with one attached hydrogen (secondary N) is 1. The van der Waals surface area contributed by atoms with E-state index in [0.29, 0.717) is 6.61 Å². The molecule has 2 heteroatoms. The highest BCUT2D eigenvalue weighted by Gasteiger charge is 2.10. The standard InChI is InChI=1S/C17H29NO/c1-16(2,3)18-12-11-14-7-9-15(10-8-14)13-19-17(4,5)6/h7-10,18H,11-13H2,1-6H3. The van der Waals surface area contributed by atoms with E-state index in [1.165, 1.54) is 11.1 Å². The second-order valence-corrected chi connectivity index (χ2v) is 7.14. The van der Waals surface area contributed by atoms with Crippen molar-refractivity contribution in [1.29, 1.82) is 0 Å². The summed E-state index contributed by atoms with van der Waals surface area (Å²) in [6.07, 6.45) is 1.07. The molecule has 0 spiro atoms. The predicted octanol–water partition coefficient (Wildman–Crippen LogP) is 3.93. The SMILES string of the molecule is CC(C)(C)NCCc1ccc(COC(C)(C)C)cc1. The van der Waals surface area contributed by atoms with Gasteiger partial charge in [0.1, 0.15) is 0 Å². The molecule has 0 radical (unpaired) electrons. The van der Waals surface area contributed by atoms with Gasteiger partial charge in [0, 0.05) is 5.54 Å². The fourth-order valence-corrected chi connectivity index (χ4v) is 1.68. The first-order valence-electron chi connectivity index (χ1n) is 7.12. The van der Waals surface area contributed by atoms with Crippen LogP contribution < -0.4 is 5.32 Å². The molecule has 0 aliphatic heterocycles. The molecule has 19 heavy (non-hydrogen) atoms. The summed E-state index contributed by atoms with van der Waals surface area (Å²) in [6, 6.07) is 8.73. The van der Waals surface area contributed by atoms with Crippen molar-refractivity contribution in [3.63, 3.8) is 0 Å². The molecule has 0 fully saturated rings. The molecule has 0 atom stereocenters. The van der Waals surface area contributed by atoms with Crippen molar-refractivity contribution in [1.82, 2.24) is 5.32 Å². The van der Waals surface area contributed by atoms with Gasteiger partial charge in [0.2, 0.25) is 0 Å². The van der Waals surface area contributed by atoms with E-state index in [0.717, 1.165) is 13.0 Å². The normalized spacial score (nSPS) is 12.7. The van der Waals surface area contributed by atoms with Gasteiger partial charge in [0.15, 0.2) is 0 Å². The lowest BCUT2D eigenvalue weighted by atomic mass is 10.1. The number of rotatable bonds is 5. The van der Waals surface area contributed by atoms with Gasteiger partial charge in [-0.2, -0.15) is 0 Å². The quantitative estimate of drug-likeness (QED) is 0.869. The van der Waals surface area contributed by atoms with Crippen LogP contribution in [0.3, 0.4) is 0 Å². The van der Waals surface area contributed by atoms with E-state index in [2.05, 4.69) is 71.1 Å². The lowest BCUT2D eigenvalue weighted by molar-refractivity contribution is -0.0149. The van der Waals surface area contributed by atoms with Crippen LogP contribution in [-0.2, 0) is 17.8 Å². The molecular weight excluding hydrogens is 234 g/mol. The zero-order valence-corrected chi connectivity index (χ0v) is 13.3. The fraction of sp³-hybridized carbons (Fsp3) is 0.647. The van der Waals surface area contributed by atoms with Crippen molar-refractivity contribution < 1.29 is 4.74 Å². The van der Waals surface area contributed by atoms with Crippen LogP contribution in [0.1, 0.15) is 52.7 Å². The lowest BCUT2D eigenvalue weighted by Crippen LogP contribution is -2.37. The Hall–Kier alpha value is -0.860. The molecule has 0 aliphatic rings. The van der Waals surface area contributed by atoms with Crippen LogP contribution in [0.2, 0.25) is 0 Å². The van der Waals surface area contributed by atoms with E-state index in [1.807, 2.05) is 0 Å². The Morgan fingerprint density at radius 3 is 1.89 bits per heavy atom. The molecule has 1 N–H and O–H groups in total. The number of hydrogen-bond donors (Lipinski definition) is 1. The zero-order valence-electron chi connectivity index (χ0n) is 13.3. The van der Waals surface area contributed by atoms with Crippen LogP contribution in [0.15, 0.2) is 24.3 Å². The first kappa shape index (κ1) is 16.2. The molecule has 1 aromatic carbocycles. The summed E-state index contributed by atoms with van der Waals surface area (Å²) in [5.74, 6) is 0. The molecule has 0 saturated carbocycles. The minimum atomic E-state index is -0.0741. The van der Waals surface area contributed by atoms with Crippen LogP contribution in [-0.4, -0.2) is 17.7 Å². The van der Waals surface area contributed by atoms with E-state index in [9.17, 15) is 0 Å². The lowest BCUT2D eigenvalue weighted by Gasteiger charge is -2.20. The summed E-state index contributed by atoms with van der Waals surface area (Å²) in [5.41, 5.74) is 2.73. The van der Waals surface area contributed by atoms with Crippen molar-refractivity contribution >= 4 is 0 Å². The number of hydrogen-bond acceptors (Lipinski definition) is 2. The van der Waals surface area contributed by atoms with Crippen molar-refractivity contribution in [3.05, 3.63) is 35.4 Å². The molecule has 1 aromatic rings. The maximum atomic E-state index is 5.77. The first-order valence-corrected chi connectivity index (χ1v) is 7.12. The Bertz CT molecular complexity index is 368. The summed E-state index contributed by atoms with van der Waals surface area (Å²) < 4.78 is 5.77. The molecule has 108 valence electrons. The second kappa shape index (κ2) is 6.53. The Balaban J connectivity index is 2.39. The average Bonchev–Trinajstić information content (AvgIpc) is 2.25. The van der Waals surface area contributed by atoms with Gasteiger partial charge in [-0.05, 0) is 65.6 Å². The molecule has 0 aromatic heterocycles. The third-order valence-electron chi connectivity index (χ3n) is 2.76. The second-order valence-electron chi connectivity index (χ2n) is 7.14. The van der Waals surface area contributed by atoms with E-state index in [4.69, 9.17) is 4.74 Å². The monoisotopic (exact) mass is 263 g/mol. The maximum Gasteiger partial charge on any atom is 0.0724 e.